The quantitative estimate of drug-likeness (QED) is 0.735. The predicted octanol–water partition coefficient (Wildman–Crippen LogP) is 2.49. The Bertz CT molecular complexity index is 336. The van der Waals surface area contributed by atoms with Crippen molar-refractivity contribution in [3.8, 4) is 0 Å². The standard InChI is InChI=1S/C8H6ClFO2/c1-4-2-6(9)5(8(11)12)3-7(4)10/h2-3H,1H3,(H,11,12). The van der Waals surface area contributed by atoms with E-state index in [1.165, 1.54) is 13.0 Å². The summed E-state index contributed by atoms with van der Waals surface area (Å²) in [6.45, 7) is 1.52. The third-order valence-electron chi connectivity index (χ3n) is 1.48. The summed E-state index contributed by atoms with van der Waals surface area (Å²) < 4.78 is 12.8. The summed E-state index contributed by atoms with van der Waals surface area (Å²) in [5.41, 5.74) is 0.129. The zero-order chi connectivity index (χ0) is 9.30. The fourth-order valence-electron chi connectivity index (χ4n) is 0.810. The van der Waals surface area contributed by atoms with Crippen LogP contribution in [-0.2, 0) is 0 Å². The maximum absolute atomic E-state index is 12.8. The summed E-state index contributed by atoms with van der Waals surface area (Å²) in [5.74, 6) is -1.78. The largest absolute Gasteiger partial charge is 0.478 e. The molecule has 0 aliphatic carbocycles. The molecule has 0 aliphatic rings. The molecule has 0 spiro atoms. The first-order valence-corrected chi connectivity index (χ1v) is 3.59. The molecule has 0 fully saturated rings. The molecule has 1 aromatic carbocycles. The molecular weight excluding hydrogens is 183 g/mol. The maximum atomic E-state index is 12.8. The van der Waals surface area contributed by atoms with Crippen LogP contribution in [0.5, 0.6) is 0 Å². The normalized spacial score (nSPS) is 9.92. The Labute approximate surface area is 73.6 Å². The lowest BCUT2D eigenvalue weighted by atomic mass is 10.1. The molecule has 1 aromatic rings. The van der Waals surface area contributed by atoms with Crippen LogP contribution in [0.25, 0.3) is 0 Å². The van der Waals surface area contributed by atoms with Crippen molar-refractivity contribution < 1.29 is 14.3 Å². The number of carbonyl (C=O) groups is 1. The van der Waals surface area contributed by atoms with Gasteiger partial charge in [0.2, 0.25) is 0 Å². The van der Waals surface area contributed by atoms with Gasteiger partial charge in [-0.3, -0.25) is 0 Å². The first-order chi connectivity index (χ1) is 5.52. The second kappa shape index (κ2) is 3.11. The van der Waals surface area contributed by atoms with Gasteiger partial charge in [-0.05, 0) is 24.6 Å². The average Bonchev–Trinajstić information content (AvgIpc) is 1.96. The second-order valence-corrected chi connectivity index (χ2v) is 2.79. The van der Waals surface area contributed by atoms with Crippen LogP contribution < -0.4 is 0 Å². The number of carboxylic acids is 1. The molecular formula is C8H6ClFO2. The van der Waals surface area contributed by atoms with E-state index in [4.69, 9.17) is 16.7 Å². The topological polar surface area (TPSA) is 37.3 Å². The first-order valence-electron chi connectivity index (χ1n) is 3.21. The van der Waals surface area contributed by atoms with E-state index in [1.54, 1.807) is 0 Å². The van der Waals surface area contributed by atoms with Crippen LogP contribution in [0.1, 0.15) is 15.9 Å². The number of aromatic carboxylic acids is 1. The van der Waals surface area contributed by atoms with Crippen LogP contribution in [0.4, 0.5) is 4.39 Å². The molecule has 0 unspecified atom stereocenters. The second-order valence-electron chi connectivity index (χ2n) is 2.39. The predicted molar refractivity (Wildman–Crippen MR) is 43.1 cm³/mol. The Balaban J connectivity index is 3.33. The van der Waals surface area contributed by atoms with E-state index < -0.39 is 11.8 Å². The Hall–Kier alpha value is -1.09. The van der Waals surface area contributed by atoms with Gasteiger partial charge in [0, 0.05) is 0 Å². The number of hydrogen-bond donors (Lipinski definition) is 1. The zero-order valence-corrected chi connectivity index (χ0v) is 7.02. The molecule has 0 atom stereocenters. The zero-order valence-electron chi connectivity index (χ0n) is 6.27. The first kappa shape index (κ1) is 9.00. The Kier molecular flexibility index (Phi) is 2.33. The van der Waals surface area contributed by atoms with Crippen LogP contribution in [0.2, 0.25) is 5.02 Å². The van der Waals surface area contributed by atoms with Gasteiger partial charge >= 0.3 is 5.97 Å². The molecule has 1 rings (SSSR count). The summed E-state index contributed by atoms with van der Waals surface area (Å²) >= 11 is 5.55. The number of halogens is 2. The molecule has 1 N–H and O–H groups in total. The minimum atomic E-state index is -1.22. The summed E-state index contributed by atoms with van der Waals surface area (Å²) in [6.07, 6.45) is 0. The van der Waals surface area contributed by atoms with E-state index in [-0.39, 0.29) is 10.6 Å². The van der Waals surface area contributed by atoms with Crippen molar-refractivity contribution in [3.63, 3.8) is 0 Å². The van der Waals surface area contributed by atoms with E-state index in [0.717, 1.165) is 6.07 Å². The third-order valence-corrected chi connectivity index (χ3v) is 1.79. The van der Waals surface area contributed by atoms with Crippen LogP contribution in [0, 0.1) is 12.7 Å². The van der Waals surface area contributed by atoms with Crippen molar-refractivity contribution in [2.45, 2.75) is 6.92 Å². The molecule has 2 nitrogen and oxygen atoms in total. The summed E-state index contributed by atoms with van der Waals surface area (Å²) in [7, 11) is 0. The Morgan fingerprint density at radius 3 is 2.67 bits per heavy atom. The highest BCUT2D eigenvalue weighted by atomic mass is 35.5. The van der Waals surface area contributed by atoms with Gasteiger partial charge in [0.15, 0.2) is 0 Å². The molecule has 0 aliphatic heterocycles. The van der Waals surface area contributed by atoms with Gasteiger partial charge in [0.1, 0.15) is 5.82 Å². The molecule has 64 valence electrons. The lowest BCUT2D eigenvalue weighted by Crippen LogP contribution is -1.99. The molecule has 0 saturated heterocycles. The minimum absolute atomic E-state index is 0.0569. The number of hydrogen-bond acceptors (Lipinski definition) is 1. The fraction of sp³-hybridized carbons (Fsp3) is 0.125. The van der Waals surface area contributed by atoms with E-state index in [9.17, 15) is 9.18 Å². The Morgan fingerprint density at radius 1 is 1.58 bits per heavy atom. The highest BCUT2D eigenvalue weighted by molar-refractivity contribution is 6.33. The highest BCUT2D eigenvalue weighted by Gasteiger charge is 2.11. The lowest BCUT2D eigenvalue weighted by Gasteiger charge is -2.00. The van der Waals surface area contributed by atoms with Gasteiger partial charge in [-0.25, -0.2) is 9.18 Å². The monoisotopic (exact) mass is 188 g/mol. The van der Waals surface area contributed by atoms with Crippen molar-refractivity contribution >= 4 is 17.6 Å². The van der Waals surface area contributed by atoms with Gasteiger partial charge in [-0.15, -0.1) is 0 Å². The summed E-state index contributed by atoms with van der Waals surface area (Å²) in [6, 6.07) is 2.21. The highest BCUT2D eigenvalue weighted by Crippen LogP contribution is 2.19. The van der Waals surface area contributed by atoms with Gasteiger partial charge in [0.05, 0.1) is 10.6 Å². The SMILES string of the molecule is Cc1cc(Cl)c(C(=O)O)cc1F. The van der Waals surface area contributed by atoms with Crippen molar-refractivity contribution in [2.24, 2.45) is 0 Å². The summed E-state index contributed by atoms with van der Waals surface area (Å²) in [5, 5.41) is 8.59. The summed E-state index contributed by atoms with van der Waals surface area (Å²) in [4.78, 5) is 10.4. The molecule has 0 amide bonds. The molecule has 0 aromatic heterocycles. The van der Waals surface area contributed by atoms with Crippen LogP contribution in [0.3, 0.4) is 0 Å². The Morgan fingerprint density at radius 2 is 2.17 bits per heavy atom. The van der Waals surface area contributed by atoms with Gasteiger partial charge in [-0.2, -0.15) is 0 Å². The van der Waals surface area contributed by atoms with Crippen LogP contribution in [0.15, 0.2) is 12.1 Å². The molecule has 0 saturated carbocycles. The van der Waals surface area contributed by atoms with Gasteiger partial charge in [0.25, 0.3) is 0 Å². The number of aryl methyl sites for hydroxylation is 1. The molecule has 0 radical (unpaired) electrons. The molecule has 12 heavy (non-hydrogen) atoms. The number of benzene rings is 1. The average molecular weight is 189 g/mol. The van der Waals surface area contributed by atoms with E-state index >= 15 is 0 Å². The van der Waals surface area contributed by atoms with E-state index in [0.29, 0.717) is 5.56 Å². The third kappa shape index (κ3) is 1.56. The minimum Gasteiger partial charge on any atom is -0.478 e. The van der Waals surface area contributed by atoms with Crippen LogP contribution in [-0.4, -0.2) is 11.1 Å². The van der Waals surface area contributed by atoms with E-state index in [1.807, 2.05) is 0 Å². The number of rotatable bonds is 1. The molecule has 0 bridgehead atoms. The smallest absolute Gasteiger partial charge is 0.337 e. The van der Waals surface area contributed by atoms with Crippen LogP contribution >= 0.6 is 11.6 Å². The fourth-order valence-corrected chi connectivity index (χ4v) is 1.11. The lowest BCUT2D eigenvalue weighted by molar-refractivity contribution is 0.0696. The van der Waals surface area contributed by atoms with Crippen molar-refractivity contribution in [3.05, 3.63) is 34.1 Å². The van der Waals surface area contributed by atoms with Crippen molar-refractivity contribution in [1.29, 1.82) is 0 Å². The molecule has 0 heterocycles. The number of carboxylic acid groups (broad SMARTS) is 1. The molecule has 4 heteroatoms. The van der Waals surface area contributed by atoms with E-state index in [2.05, 4.69) is 0 Å². The maximum Gasteiger partial charge on any atom is 0.337 e. The van der Waals surface area contributed by atoms with Crippen molar-refractivity contribution in [1.82, 2.24) is 0 Å². The van der Waals surface area contributed by atoms with Crippen molar-refractivity contribution in [2.75, 3.05) is 0 Å². The van der Waals surface area contributed by atoms with Gasteiger partial charge in [-0.1, -0.05) is 11.6 Å². The van der Waals surface area contributed by atoms with Gasteiger partial charge < -0.3 is 5.11 Å².